The molecule has 1 aromatic heterocycles. The van der Waals surface area contributed by atoms with Gasteiger partial charge in [0.05, 0.1) is 6.61 Å². The maximum atomic E-state index is 11.6. The summed E-state index contributed by atoms with van der Waals surface area (Å²) in [6.07, 6.45) is 4.20. The molecule has 2 amide bonds. The summed E-state index contributed by atoms with van der Waals surface area (Å²) >= 11 is 0. The van der Waals surface area contributed by atoms with Crippen LogP contribution in [0.25, 0.3) is 0 Å². The van der Waals surface area contributed by atoms with Gasteiger partial charge in [-0.3, -0.25) is 4.98 Å². The number of hydrogen-bond acceptors (Lipinski definition) is 3. The molecular formula is C17H21N3O2. The van der Waals surface area contributed by atoms with E-state index in [1.807, 2.05) is 43.3 Å². The van der Waals surface area contributed by atoms with E-state index < -0.39 is 0 Å². The molecular weight excluding hydrogens is 278 g/mol. The largest absolute Gasteiger partial charge is 0.494 e. The lowest BCUT2D eigenvalue weighted by Crippen LogP contribution is -2.36. The normalized spacial score (nSPS) is 10.0. The summed E-state index contributed by atoms with van der Waals surface area (Å²) in [5.41, 5.74) is 2.18. The third-order valence-corrected chi connectivity index (χ3v) is 3.07. The van der Waals surface area contributed by atoms with E-state index >= 15 is 0 Å². The predicted octanol–water partition coefficient (Wildman–Crippen LogP) is 2.66. The third kappa shape index (κ3) is 5.83. The average Bonchev–Trinajstić information content (AvgIpc) is 2.55. The van der Waals surface area contributed by atoms with E-state index in [0.29, 0.717) is 19.7 Å². The van der Waals surface area contributed by atoms with Crippen LogP contribution in [0, 0.1) is 6.92 Å². The van der Waals surface area contributed by atoms with Crippen LogP contribution in [0.1, 0.15) is 17.5 Å². The fourth-order valence-electron chi connectivity index (χ4n) is 1.85. The second kappa shape index (κ2) is 8.67. The maximum absolute atomic E-state index is 11.6. The summed E-state index contributed by atoms with van der Waals surface area (Å²) in [5, 5.41) is 5.58. The van der Waals surface area contributed by atoms with Crippen LogP contribution >= 0.6 is 0 Å². The van der Waals surface area contributed by atoms with Crippen LogP contribution in [0.5, 0.6) is 5.75 Å². The van der Waals surface area contributed by atoms with Gasteiger partial charge in [0.25, 0.3) is 0 Å². The molecule has 0 saturated heterocycles. The number of pyridine rings is 1. The third-order valence-electron chi connectivity index (χ3n) is 3.07. The number of carbonyl (C=O) groups excluding carboxylic acids is 1. The minimum atomic E-state index is -0.181. The van der Waals surface area contributed by atoms with Crippen LogP contribution in [0.15, 0.2) is 48.8 Å². The molecule has 0 atom stereocenters. The second-order valence-electron chi connectivity index (χ2n) is 4.99. The topological polar surface area (TPSA) is 63.2 Å². The molecule has 0 aliphatic rings. The summed E-state index contributed by atoms with van der Waals surface area (Å²) in [6, 6.07) is 11.5. The summed E-state index contributed by atoms with van der Waals surface area (Å²) in [5.74, 6) is 0.853. The van der Waals surface area contributed by atoms with Crippen molar-refractivity contribution in [3.05, 3.63) is 59.9 Å². The van der Waals surface area contributed by atoms with Gasteiger partial charge in [0, 0.05) is 25.5 Å². The monoisotopic (exact) mass is 299 g/mol. The summed E-state index contributed by atoms with van der Waals surface area (Å²) < 4.78 is 5.59. The van der Waals surface area contributed by atoms with Crippen molar-refractivity contribution < 1.29 is 9.53 Å². The van der Waals surface area contributed by atoms with Gasteiger partial charge in [-0.2, -0.15) is 0 Å². The number of carbonyl (C=O) groups is 1. The molecule has 0 bridgehead atoms. The van der Waals surface area contributed by atoms with Crippen molar-refractivity contribution in [3.8, 4) is 5.75 Å². The summed E-state index contributed by atoms with van der Waals surface area (Å²) in [6.45, 7) is 3.66. The van der Waals surface area contributed by atoms with Crippen molar-refractivity contribution in [2.75, 3.05) is 13.2 Å². The van der Waals surface area contributed by atoms with Crippen molar-refractivity contribution in [2.24, 2.45) is 0 Å². The number of nitrogens with one attached hydrogen (secondary N) is 2. The van der Waals surface area contributed by atoms with Crippen LogP contribution in [0.4, 0.5) is 4.79 Å². The first-order chi connectivity index (χ1) is 10.7. The van der Waals surface area contributed by atoms with Crippen LogP contribution < -0.4 is 15.4 Å². The Bertz CT molecular complexity index is 570. The van der Waals surface area contributed by atoms with Crippen molar-refractivity contribution in [1.82, 2.24) is 15.6 Å². The highest BCUT2D eigenvalue weighted by Gasteiger charge is 2.00. The fourth-order valence-corrected chi connectivity index (χ4v) is 1.85. The molecule has 0 fully saturated rings. The van der Waals surface area contributed by atoms with Crippen molar-refractivity contribution >= 4 is 6.03 Å². The van der Waals surface area contributed by atoms with Gasteiger partial charge < -0.3 is 15.4 Å². The number of aryl methyl sites for hydroxylation is 1. The van der Waals surface area contributed by atoms with Gasteiger partial charge in [-0.25, -0.2) is 4.79 Å². The molecule has 5 heteroatoms. The van der Waals surface area contributed by atoms with Crippen LogP contribution in [-0.4, -0.2) is 24.2 Å². The highest BCUT2D eigenvalue weighted by Crippen LogP contribution is 2.11. The van der Waals surface area contributed by atoms with E-state index in [4.69, 9.17) is 4.74 Å². The SMILES string of the molecule is Cc1ccc(OCCCNC(=O)NCc2cccnc2)cc1. The Morgan fingerprint density at radius 2 is 2.00 bits per heavy atom. The maximum Gasteiger partial charge on any atom is 0.315 e. The van der Waals surface area contributed by atoms with Gasteiger partial charge in [-0.15, -0.1) is 0 Å². The van der Waals surface area contributed by atoms with Crippen LogP contribution in [0.3, 0.4) is 0 Å². The first-order valence-corrected chi connectivity index (χ1v) is 7.34. The Morgan fingerprint density at radius 3 is 2.73 bits per heavy atom. The van der Waals surface area contributed by atoms with E-state index in [2.05, 4.69) is 15.6 Å². The fraction of sp³-hybridized carbons (Fsp3) is 0.294. The molecule has 0 unspecified atom stereocenters. The minimum absolute atomic E-state index is 0.181. The van der Waals surface area contributed by atoms with E-state index in [1.165, 1.54) is 5.56 Å². The Morgan fingerprint density at radius 1 is 1.18 bits per heavy atom. The molecule has 0 radical (unpaired) electrons. The molecule has 0 aliphatic carbocycles. The zero-order chi connectivity index (χ0) is 15.6. The Labute approximate surface area is 130 Å². The van der Waals surface area contributed by atoms with Crippen molar-refractivity contribution in [3.63, 3.8) is 0 Å². The molecule has 2 rings (SSSR count). The summed E-state index contributed by atoms with van der Waals surface area (Å²) in [4.78, 5) is 15.6. The number of benzene rings is 1. The smallest absolute Gasteiger partial charge is 0.315 e. The van der Waals surface area contributed by atoms with E-state index in [-0.39, 0.29) is 6.03 Å². The molecule has 0 aliphatic heterocycles. The van der Waals surface area contributed by atoms with Crippen LogP contribution in [-0.2, 0) is 6.54 Å². The molecule has 1 aromatic carbocycles. The molecule has 0 saturated carbocycles. The number of rotatable bonds is 7. The van der Waals surface area contributed by atoms with Crippen LogP contribution in [0.2, 0.25) is 0 Å². The summed E-state index contributed by atoms with van der Waals surface area (Å²) in [7, 11) is 0. The van der Waals surface area contributed by atoms with Gasteiger partial charge in [-0.05, 0) is 37.1 Å². The average molecular weight is 299 g/mol. The van der Waals surface area contributed by atoms with E-state index in [1.54, 1.807) is 12.4 Å². The first-order valence-electron chi connectivity index (χ1n) is 7.34. The molecule has 1 heterocycles. The Hall–Kier alpha value is -2.56. The Kier molecular flexibility index (Phi) is 6.23. The molecule has 116 valence electrons. The van der Waals surface area contributed by atoms with Gasteiger partial charge in [0.1, 0.15) is 5.75 Å². The van der Waals surface area contributed by atoms with Gasteiger partial charge in [0.15, 0.2) is 0 Å². The molecule has 5 nitrogen and oxygen atoms in total. The zero-order valence-corrected chi connectivity index (χ0v) is 12.7. The molecule has 2 aromatic rings. The van der Waals surface area contributed by atoms with E-state index in [0.717, 1.165) is 17.7 Å². The van der Waals surface area contributed by atoms with E-state index in [9.17, 15) is 4.79 Å². The van der Waals surface area contributed by atoms with Gasteiger partial charge in [-0.1, -0.05) is 23.8 Å². The lowest BCUT2D eigenvalue weighted by atomic mass is 10.2. The quantitative estimate of drug-likeness (QED) is 0.773. The molecule has 0 spiro atoms. The lowest BCUT2D eigenvalue weighted by Gasteiger charge is -2.09. The lowest BCUT2D eigenvalue weighted by molar-refractivity contribution is 0.238. The number of aromatic nitrogens is 1. The molecule has 22 heavy (non-hydrogen) atoms. The number of nitrogens with zero attached hydrogens (tertiary/aromatic N) is 1. The number of ether oxygens (including phenoxy) is 1. The standard InChI is InChI=1S/C17H21N3O2/c1-14-5-7-16(8-6-14)22-11-3-10-19-17(21)20-13-15-4-2-9-18-12-15/h2,4-9,12H,3,10-11,13H2,1H3,(H2,19,20,21). The number of amides is 2. The minimum Gasteiger partial charge on any atom is -0.494 e. The zero-order valence-electron chi connectivity index (χ0n) is 12.7. The van der Waals surface area contributed by atoms with Crippen molar-refractivity contribution in [1.29, 1.82) is 0 Å². The molecule has 2 N–H and O–H groups in total. The highest BCUT2D eigenvalue weighted by atomic mass is 16.5. The van der Waals surface area contributed by atoms with Crippen molar-refractivity contribution in [2.45, 2.75) is 19.9 Å². The Balaban J connectivity index is 1.54. The predicted molar refractivity (Wildman–Crippen MR) is 85.8 cm³/mol. The highest BCUT2D eigenvalue weighted by molar-refractivity contribution is 5.73. The number of urea groups is 1. The second-order valence-corrected chi connectivity index (χ2v) is 4.99. The first kappa shape index (κ1) is 15.8. The van der Waals surface area contributed by atoms with Gasteiger partial charge in [0.2, 0.25) is 0 Å². The van der Waals surface area contributed by atoms with Gasteiger partial charge >= 0.3 is 6.03 Å². The number of hydrogen-bond donors (Lipinski definition) is 2.